The van der Waals surface area contributed by atoms with Crippen LogP contribution >= 0.6 is 11.6 Å². The van der Waals surface area contributed by atoms with E-state index in [1.165, 1.54) is 29.2 Å². The van der Waals surface area contributed by atoms with E-state index in [1.54, 1.807) is 25.1 Å². The van der Waals surface area contributed by atoms with Crippen LogP contribution in [0.3, 0.4) is 0 Å². The molecule has 0 heterocycles. The summed E-state index contributed by atoms with van der Waals surface area (Å²) in [6.45, 7) is 3.68. The number of nitrogens with zero attached hydrogens (tertiary/aromatic N) is 2. The minimum absolute atomic E-state index is 0.0293. The van der Waals surface area contributed by atoms with E-state index in [4.69, 9.17) is 11.6 Å². The van der Waals surface area contributed by atoms with Crippen molar-refractivity contribution in [2.24, 2.45) is 0 Å². The van der Waals surface area contributed by atoms with E-state index in [1.807, 2.05) is 37.3 Å². The van der Waals surface area contributed by atoms with E-state index >= 15 is 0 Å². The van der Waals surface area contributed by atoms with Crippen molar-refractivity contribution in [1.82, 2.24) is 10.2 Å². The molecule has 0 aliphatic carbocycles. The van der Waals surface area contributed by atoms with E-state index < -0.39 is 34.3 Å². The maximum atomic E-state index is 13.9. The number of rotatable bonds is 13. The molecule has 1 atom stereocenters. The second-order valence-electron chi connectivity index (χ2n) is 9.07. The molecule has 10 heteroatoms. The molecular formula is C29H33ClFN3O4S. The summed E-state index contributed by atoms with van der Waals surface area (Å²) in [5.41, 5.74) is 0.995. The Hall–Kier alpha value is -3.43. The van der Waals surface area contributed by atoms with Crippen molar-refractivity contribution in [1.29, 1.82) is 0 Å². The van der Waals surface area contributed by atoms with Gasteiger partial charge in [-0.05, 0) is 55.7 Å². The molecule has 3 aromatic carbocycles. The fourth-order valence-electron chi connectivity index (χ4n) is 3.99. The van der Waals surface area contributed by atoms with Gasteiger partial charge in [-0.25, -0.2) is 12.8 Å². The molecule has 0 aliphatic rings. The number of amides is 2. The Morgan fingerprint density at radius 2 is 1.64 bits per heavy atom. The van der Waals surface area contributed by atoms with Crippen molar-refractivity contribution in [2.75, 3.05) is 23.9 Å². The minimum atomic E-state index is -4.24. The van der Waals surface area contributed by atoms with Crippen molar-refractivity contribution in [3.8, 4) is 0 Å². The predicted molar refractivity (Wildman–Crippen MR) is 152 cm³/mol. The maximum absolute atomic E-state index is 13.9. The van der Waals surface area contributed by atoms with Gasteiger partial charge in [0, 0.05) is 13.1 Å². The molecular weight excluding hydrogens is 541 g/mol. The molecule has 0 spiro atoms. The zero-order valence-corrected chi connectivity index (χ0v) is 23.6. The van der Waals surface area contributed by atoms with Gasteiger partial charge in [-0.3, -0.25) is 13.9 Å². The number of hydrogen-bond donors (Lipinski definition) is 1. The first-order chi connectivity index (χ1) is 18.6. The summed E-state index contributed by atoms with van der Waals surface area (Å²) >= 11 is 5.98. The summed E-state index contributed by atoms with van der Waals surface area (Å²) in [6.07, 6.45) is 2.16. The van der Waals surface area contributed by atoms with Crippen molar-refractivity contribution in [3.63, 3.8) is 0 Å². The lowest BCUT2D eigenvalue weighted by atomic mass is 10.1. The highest BCUT2D eigenvalue weighted by Crippen LogP contribution is 2.28. The zero-order valence-electron chi connectivity index (χ0n) is 22.0. The molecule has 1 N–H and O–H groups in total. The Balaban J connectivity index is 1.96. The third kappa shape index (κ3) is 8.03. The van der Waals surface area contributed by atoms with Crippen LogP contribution in [0, 0.1) is 5.82 Å². The van der Waals surface area contributed by atoms with Crippen molar-refractivity contribution in [3.05, 3.63) is 95.3 Å². The molecule has 0 aromatic heterocycles. The molecule has 3 rings (SSSR count). The van der Waals surface area contributed by atoms with E-state index in [9.17, 15) is 22.4 Å². The highest BCUT2D eigenvalue weighted by molar-refractivity contribution is 7.92. The number of anilines is 1. The zero-order chi connectivity index (χ0) is 28.4. The Morgan fingerprint density at radius 1 is 1.00 bits per heavy atom. The Bertz CT molecular complexity index is 1360. The lowest BCUT2D eigenvalue weighted by Crippen LogP contribution is -2.52. The van der Waals surface area contributed by atoms with Gasteiger partial charge in [0.1, 0.15) is 18.4 Å². The molecule has 2 amide bonds. The van der Waals surface area contributed by atoms with Crippen LogP contribution in [0.15, 0.2) is 83.8 Å². The number of carbonyl (C=O) groups excluding carboxylic acids is 2. The highest BCUT2D eigenvalue weighted by Gasteiger charge is 2.32. The lowest BCUT2D eigenvalue weighted by Gasteiger charge is -2.32. The van der Waals surface area contributed by atoms with E-state index in [-0.39, 0.29) is 28.1 Å². The molecule has 7 nitrogen and oxygen atoms in total. The molecule has 0 saturated carbocycles. The molecule has 0 aliphatic heterocycles. The number of benzene rings is 3. The fraction of sp³-hybridized carbons (Fsp3) is 0.310. The number of halogens is 2. The molecule has 0 fully saturated rings. The smallest absolute Gasteiger partial charge is 0.264 e. The number of unbranched alkanes of at least 4 members (excludes halogenated alkanes) is 1. The third-order valence-corrected chi connectivity index (χ3v) is 8.36. The van der Waals surface area contributed by atoms with Crippen LogP contribution in [0.25, 0.3) is 0 Å². The van der Waals surface area contributed by atoms with Crippen molar-refractivity contribution < 1.29 is 22.4 Å². The molecule has 0 saturated heterocycles. The maximum Gasteiger partial charge on any atom is 0.264 e. The topological polar surface area (TPSA) is 86.8 Å². The lowest BCUT2D eigenvalue weighted by molar-refractivity contribution is -0.138. The average molecular weight is 574 g/mol. The second kappa shape index (κ2) is 14.1. The summed E-state index contributed by atoms with van der Waals surface area (Å²) in [5, 5.41) is 2.57. The van der Waals surface area contributed by atoms with Crippen LogP contribution in [-0.4, -0.2) is 50.8 Å². The van der Waals surface area contributed by atoms with Gasteiger partial charge in [-0.1, -0.05) is 73.5 Å². The number of hydrogen-bond acceptors (Lipinski definition) is 4. The van der Waals surface area contributed by atoms with E-state index in [2.05, 4.69) is 5.32 Å². The summed E-state index contributed by atoms with van der Waals surface area (Å²) < 4.78 is 42.2. The first-order valence-corrected chi connectivity index (χ1v) is 14.6. The largest absolute Gasteiger partial charge is 0.354 e. The van der Waals surface area contributed by atoms with Crippen LogP contribution in [0.4, 0.5) is 10.1 Å². The van der Waals surface area contributed by atoms with Gasteiger partial charge in [-0.2, -0.15) is 0 Å². The number of carbonyl (C=O) groups is 2. The summed E-state index contributed by atoms with van der Waals surface area (Å²) in [5.74, 6) is -1.62. The molecule has 0 radical (unpaired) electrons. The Labute approximate surface area is 234 Å². The first-order valence-electron chi connectivity index (χ1n) is 12.8. The highest BCUT2D eigenvalue weighted by atomic mass is 35.5. The minimum Gasteiger partial charge on any atom is -0.354 e. The molecule has 0 unspecified atom stereocenters. The standard InChI is InChI=1S/C29H33ClFN3O4S/c1-3-4-18-32-29(36)22(2)33(19-17-23-11-7-5-8-12-23)28(35)21-34(24-15-16-27(31)26(30)20-24)39(37,38)25-13-9-6-10-14-25/h5-16,20,22H,3-4,17-19,21H2,1-2H3,(H,32,36)/t22-/m0/s1. The third-order valence-electron chi connectivity index (χ3n) is 6.28. The number of sulfonamides is 1. The summed E-state index contributed by atoms with van der Waals surface area (Å²) in [6, 6.07) is 19.7. The first kappa shape index (κ1) is 30.1. The van der Waals surface area contributed by atoms with Gasteiger partial charge in [0.25, 0.3) is 10.0 Å². The summed E-state index contributed by atoms with van der Waals surface area (Å²) in [4.78, 5) is 28.1. The average Bonchev–Trinajstić information content (AvgIpc) is 2.94. The van der Waals surface area contributed by atoms with Crippen molar-refractivity contribution in [2.45, 2.75) is 44.0 Å². The monoisotopic (exact) mass is 573 g/mol. The van der Waals surface area contributed by atoms with Gasteiger partial charge >= 0.3 is 0 Å². The van der Waals surface area contributed by atoms with Crippen LogP contribution in [-0.2, 0) is 26.0 Å². The predicted octanol–water partition coefficient (Wildman–Crippen LogP) is 5.05. The Kier molecular flexibility index (Phi) is 10.9. The quantitative estimate of drug-likeness (QED) is 0.290. The molecule has 39 heavy (non-hydrogen) atoms. The Morgan fingerprint density at radius 3 is 2.26 bits per heavy atom. The van der Waals surface area contributed by atoms with Gasteiger partial charge in [0.15, 0.2) is 0 Å². The van der Waals surface area contributed by atoms with Crippen LogP contribution in [0.2, 0.25) is 5.02 Å². The molecule has 3 aromatic rings. The molecule has 208 valence electrons. The number of nitrogens with one attached hydrogen (secondary N) is 1. The van der Waals surface area contributed by atoms with Gasteiger partial charge in [0.05, 0.1) is 15.6 Å². The van der Waals surface area contributed by atoms with Crippen LogP contribution in [0.5, 0.6) is 0 Å². The van der Waals surface area contributed by atoms with E-state index in [0.717, 1.165) is 28.8 Å². The summed E-state index contributed by atoms with van der Waals surface area (Å²) in [7, 11) is -4.24. The SMILES string of the molecule is CCCCNC(=O)[C@H](C)N(CCc1ccccc1)C(=O)CN(c1ccc(F)c(Cl)c1)S(=O)(=O)c1ccccc1. The van der Waals surface area contributed by atoms with Crippen LogP contribution in [0.1, 0.15) is 32.3 Å². The van der Waals surface area contributed by atoms with Crippen LogP contribution < -0.4 is 9.62 Å². The van der Waals surface area contributed by atoms with Gasteiger partial charge in [0.2, 0.25) is 11.8 Å². The molecule has 0 bridgehead atoms. The van der Waals surface area contributed by atoms with Crippen molar-refractivity contribution >= 4 is 39.1 Å². The normalized spacial score (nSPS) is 12.0. The van der Waals surface area contributed by atoms with Gasteiger partial charge < -0.3 is 10.2 Å². The fourth-order valence-corrected chi connectivity index (χ4v) is 5.60. The van der Waals surface area contributed by atoms with Gasteiger partial charge in [-0.15, -0.1) is 0 Å². The second-order valence-corrected chi connectivity index (χ2v) is 11.3. The van der Waals surface area contributed by atoms with E-state index in [0.29, 0.717) is 13.0 Å².